The number of nitrogens with zero attached hydrogens (tertiary/aromatic N) is 1. The molecule has 4 heteroatoms. The van der Waals surface area contributed by atoms with Crippen LogP contribution in [-0.4, -0.2) is 30.3 Å². The molecule has 0 aliphatic carbocycles. The molecule has 1 aromatic carbocycles. The molecule has 0 aromatic heterocycles. The summed E-state index contributed by atoms with van der Waals surface area (Å²) in [6.45, 7) is 2.11. The number of carbonyl (C=O) groups excluding carboxylic acids is 1. The average molecular weight is 230 g/mol. The number of aryl methyl sites for hydroxylation is 1. The van der Waals surface area contributed by atoms with Gasteiger partial charge in [0.05, 0.1) is 0 Å². The summed E-state index contributed by atoms with van der Waals surface area (Å²) >= 11 is 5.52. The third kappa shape index (κ3) is 2.93. The number of rotatable bonds is 3. The second-order valence-corrected chi connectivity index (χ2v) is 3.76. The van der Waals surface area contributed by atoms with E-state index in [0.29, 0.717) is 23.6 Å². The molecule has 1 amide bonds. The van der Waals surface area contributed by atoms with Crippen LogP contribution in [-0.2, 0) is 0 Å². The van der Waals surface area contributed by atoms with Crippen molar-refractivity contribution < 1.29 is 9.18 Å². The van der Waals surface area contributed by atoms with Crippen LogP contribution < -0.4 is 0 Å². The van der Waals surface area contributed by atoms with Gasteiger partial charge in [-0.3, -0.25) is 4.79 Å². The monoisotopic (exact) mass is 229 g/mol. The molecule has 0 saturated heterocycles. The predicted molar refractivity (Wildman–Crippen MR) is 58.8 cm³/mol. The maximum Gasteiger partial charge on any atom is 0.253 e. The summed E-state index contributed by atoms with van der Waals surface area (Å²) in [7, 11) is 1.64. The van der Waals surface area contributed by atoms with Crippen molar-refractivity contribution in [2.75, 3.05) is 19.5 Å². The van der Waals surface area contributed by atoms with E-state index in [1.165, 1.54) is 11.0 Å². The van der Waals surface area contributed by atoms with Gasteiger partial charge in [-0.15, -0.1) is 11.6 Å². The Bertz CT molecular complexity index is 368. The first-order valence-corrected chi connectivity index (χ1v) is 5.17. The number of hydrogen-bond acceptors (Lipinski definition) is 1. The van der Waals surface area contributed by atoms with Crippen molar-refractivity contribution in [3.05, 3.63) is 35.1 Å². The first-order valence-electron chi connectivity index (χ1n) is 4.64. The molecule has 0 aliphatic heterocycles. The third-order valence-corrected chi connectivity index (χ3v) is 2.35. The zero-order valence-electron chi connectivity index (χ0n) is 8.76. The van der Waals surface area contributed by atoms with Gasteiger partial charge in [0.15, 0.2) is 0 Å². The maximum atomic E-state index is 13.2. The molecule has 0 N–H and O–H groups in total. The van der Waals surface area contributed by atoms with Crippen molar-refractivity contribution in [2.45, 2.75) is 6.92 Å². The van der Waals surface area contributed by atoms with Gasteiger partial charge in [-0.2, -0.15) is 0 Å². The van der Waals surface area contributed by atoms with E-state index in [4.69, 9.17) is 11.6 Å². The number of hydrogen-bond donors (Lipinski definition) is 0. The Labute approximate surface area is 93.6 Å². The Morgan fingerprint density at radius 3 is 2.73 bits per heavy atom. The molecule has 1 rings (SSSR count). The molecule has 15 heavy (non-hydrogen) atoms. The zero-order valence-corrected chi connectivity index (χ0v) is 9.51. The molecular weight excluding hydrogens is 217 g/mol. The van der Waals surface area contributed by atoms with Crippen molar-refractivity contribution >= 4 is 17.5 Å². The fourth-order valence-electron chi connectivity index (χ4n) is 1.17. The zero-order chi connectivity index (χ0) is 11.4. The van der Waals surface area contributed by atoms with Crippen molar-refractivity contribution in [3.8, 4) is 0 Å². The number of alkyl halides is 1. The molecule has 2 nitrogen and oxygen atoms in total. The lowest BCUT2D eigenvalue weighted by Crippen LogP contribution is -2.28. The summed E-state index contributed by atoms with van der Waals surface area (Å²) in [5.74, 6) is -0.203. The van der Waals surface area contributed by atoms with Crippen molar-refractivity contribution in [1.29, 1.82) is 0 Å². The lowest BCUT2D eigenvalue weighted by molar-refractivity contribution is 0.0803. The van der Waals surface area contributed by atoms with Gasteiger partial charge < -0.3 is 4.90 Å². The quantitative estimate of drug-likeness (QED) is 0.729. The minimum atomic E-state index is -0.361. The first kappa shape index (κ1) is 12.0. The van der Waals surface area contributed by atoms with Crippen LogP contribution in [0.5, 0.6) is 0 Å². The largest absolute Gasteiger partial charge is 0.341 e. The van der Waals surface area contributed by atoms with Gasteiger partial charge in [-0.05, 0) is 24.6 Å². The van der Waals surface area contributed by atoms with Crippen molar-refractivity contribution in [1.82, 2.24) is 4.90 Å². The molecular formula is C11H13ClFNO. The fraction of sp³-hybridized carbons (Fsp3) is 0.364. The second kappa shape index (κ2) is 5.12. The van der Waals surface area contributed by atoms with Crippen LogP contribution in [0, 0.1) is 12.7 Å². The van der Waals surface area contributed by atoms with Crippen LogP contribution >= 0.6 is 11.6 Å². The summed E-state index contributed by atoms with van der Waals surface area (Å²) in [6.07, 6.45) is 0. The van der Waals surface area contributed by atoms with E-state index in [0.717, 1.165) is 0 Å². The standard InChI is InChI=1S/C11H13ClFNO/c1-8-3-4-9(7-10(8)13)11(15)14(2)6-5-12/h3-4,7H,5-6H2,1-2H3. The van der Waals surface area contributed by atoms with Crippen LogP contribution in [0.25, 0.3) is 0 Å². The van der Waals surface area contributed by atoms with Gasteiger partial charge in [-0.1, -0.05) is 6.07 Å². The smallest absolute Gasteiger partial charge is 0.253 e. The normalized spacial score (nSPS) is 10.1. The van der Waals surface area contributed by atoms with E-state index >= 15 is 0 Å². The van der Waals surface area contributed by atoms with Gasteiger partial charge in [0.25, 0.3) is 5.91 Å². The molecule has 0 bridgehead atoms. The van der Waals surface area contributed by atoms with E-state index < -0.39 is 0 Å². The molecule has 0 aliphatic rings. The number of halogens is 2. The Kier molecular flexibility index (Phi) is 4.09. The number of benzene rings is 1. The van der Waals surface area contributed by atoms with Crippen LogP contribution in [0.2, 0.25) is 0 Å². The minimum absolute atomic E-state index is 0.213. The average Bonchev–Trinajstić information content (AvgIpc) is 2.21. The number of amides is 1. The van der Waals surface area contributed by atoms with E-state index in [2.05, 4.69) is 0 Å². The molecule has 0 atom stereocenters. The van der Waals surface area contributed by atoms with E-state index in [1.54, 1.807) is 26.1 Å². The molecule has 0 saturated carbocycles. The van der Waals surface area contributed by atoms with Gasteiger partial charge in [0.2, 0.25) is 0 Å². The van der Waals surface area contributed by atoms with E-state index in [1.807, 2.05) is 0 Å². The van der Waals surface area contributed by atoms with E-state index in [9.17, 15) is 9.18 Å². The highest BCUT2D eigenvalue weighted by atomic mass is 35.5. The summed E-state index contributed by atoms with van der Waals surface area (Å²) in [6, 6.07) is 4.46. The topological polar surface area (TPSA) is 20.3 Å². The Balaban J connectivity index is 2.87. The molecule has 82 valence electrons. The molecule has 0 heterocycles. The van der Waals surface area contributed by atoms with Gasteiger partial charge in [0.1, 0.15) is 5.82 Å². The summed E-state index contributed by atoms with van der Waals surface area (Å²) < 4.78 is 13.2. The Hall–Kier alpha value is -1.09. The van der Waals surface area contributed by atoms with Gasteiger partial charge >= 0.3 is 0 Å². The SMILES string of the molecule is Cc1ccc(C(=O)N(C)CCCl)cc1F. The lowest BCUT2D eigenvalue weighted by Gasteiger charge is -2.15. The third-order valence-electron chi connectivity index (χ3n) is 2.19. The second-order valence-electron chi connectivity index (χ2n) is 3.38. The molecule has 1 aromatic rings. The summed E-state index contributed by atoms with van der Waals surface area (Å²) in [5, 5.41) is 0. The summed E-state index contributed by atoms with van der Waals surface area (Å²) in [4.78, 5) is 13.2. The number of carbonyl (C=O) groups is 1. The highest BCUT2D eigenvalue weighted by molar-refractivity contribution is 6.18. The molecule has 0 spiro atoms. The highest BCUT2D eigenvalue weighted by Gasteiger charge is 2.12. The molecule has 0 fully saturated rings. The van der Waals surface area contributed by atoms with Crippen LogP contribution in [0.3, 0.4) is 0 Å². The van der Waals surface area contributed by atoms with E-state index in [-0.39, 0.29) is 11.7 Å². The predicted octanol–water partition coefficient (Wildman–Crippen LogP) is 2.44. The molecule has 0 radical (unpaired) electrons. The van der Waals surface area contributed by atoms with Crippen LogP contribution in [0.1, 0.15) is 15.9 Å². The van der Waals surface area contributed by atoms with Crippen LogP contribution in [0.15, 0.2) is 18.2 Å². The summed E-state index contributed by atoms with van der Waals surface area (Å²) in [5.41, 5.74) is 0.886. The minimum Gasteiger partial charge on any atom is -0.341 e. The van der Waals surface area contributed by atoms with Crippen LogP contribution in [0.4, 0.5) is 4.39 Å². The Morgan fingerprint density at radius 2 is 2.20 bits per heavy atom. The fourth-order valence-corrected chi connectivity index (χ4v) is 1.43. The van der Waals surface area contributed by atoms with Gasteiger partial charge in [-0.25, -0.2) is 4.39 Å². The highest BCUT2D eigenvalue weighted by Crippen LogP contribution is 2.10. The van der Waals surface area contributed by atoms with Gasteiger partial charge in [0, 0.05) is 25.0 Å². The lowest BCUT2D eigenvalue weighted by atomic mass is 10.1. The van der Waals surface area contributed by atoms with Crippen molar-refractivity contribution in [3.63, 3.8) is 0 Å². The molecule has 0 unspecified atom stereocenters. The Morgan fingerprint density at radius 1 is 1.53 bits per heavy atom. The first-order chi connectivity index (χ1) is 7.06. The van der Waals surface area contributed by atoms with Crippen molar-refractivity contribution in [2.24, 2.45) is 0 Å². The maximum absolute atomic E-state index is 13.2.